The van der Waals surface area contributed by atoms with Crippen LogP contribution < -0.4 is 10.6 Å². The van der Waals surface area contributed by atoms with Crippen molar-refractivity contribution in [2.75, 3.05) is 17.2 Å². The van der Waals surface area contributed by atoms with Crippen LogP contribution in [0.1, 0.15) is 27.2 Å². The van der Waals surface area contributed by atoms with E-state index in [9.17, 15) is 22.8 Å². The Bertz CT molecular complexity index is 940. The van der Waals surface area contributed by atoms with Crippen LogP contribution in [0.25, 0.3) is 0 Å². The fourth-order valence-electron chi connectivity index (χ4n) is 3.30. The number of benzene rings is 1. The van der Waals surface area contributed by atoms with E-state index in [0.717, 1.165) is 0 Å². The first-order valence-corrected chi connectivity index (χ1v) is 10.2. The molecular formula is C17H22N4O7S. The van der Waals surface area contributed by atoms with Crippen LogP contribution in [0, 0.1) is 0 Å². The molecule has 2 aliphatic rings. The third-order valence-electron chi connectivity index (χ3n) is 4.43. The number of anilines is 2. The van der Waals surface area contributed by atoms with E-state index in [1.807, 2.05) is 0 Å². The third kappa shape index (κ3) is 4.43. The standard InChI is InChI=1S/C17H22N4O7S/c1-17(2,3)28-16(24)19-11-6-4-10(5-7-11)18-15(23)20-9-8-12-13(20)14(22)21(12)29(25,26)27/h4-7,12-13H,8-9H2,1-3H3,(H,18,23)(H,19,24)(H,25,26,27)/t12-,13+/m1/s1. The Hall–Kier alpha value is -2.86. The molecule has 3 N–H and O–H groups in total. The fraction of sp³-hybridized carbons (Fsp3) is 0.471. The molecule has 0 radical (unpaired) electrons. The van der Waals surface area contributed by atoms with Crippen LogP contribution in [-0.4, -0.2) is 64.4 Å². The summed E-state index contributed by atoms with van der Waals surface area (Å²) in [6, 6.07) is 4.04. The minimum Gasteiger partial charge on any atom is -0.444 e. The summed E-state index contributed by atoms with van der Waals surface area (Å²) in [6.45, 7) is 5.42. The molecule has 158 valence electrons. The zero-order chi connectivity index (χ0) is 21.6. The number of hydrogen-bond donors (Lipinski definition) is 3. The Kier molecular flexibility index (Phi) is 5.17. The van der Waals surface area contributed by atoms with Crippen molar-refractivity contribution < 1.29 is 32.1 Å². The summed E-state index contributed by atoms with van der Waals surface area (Å²) >= 11 is 0. The van der Waals surface area contributed by atoms with Crippen LogP contribution in [0.5, 0.6) is 0 Å². The molecule has 0 unspecified atom stereocenters. The summed E-state index contributed by atoms with van der Waals surface area (Å²) in [6.07, 6.45) is -0.355. The molecule has 12 heteroatoms. The first-order chi connectivity index (χ1) is 13.4. The van der Waals surface area contributed by atoms with Gasteiger partial charge in [0.15, 0.2) is 0 Å². The van der Waals surface area contributed by atoms with E-state index in [-0.39, 0.29) is 13.0 Å². The fourth-order valence-corrected chi connectivity index (χ4v) is 4.20. The van der Waals surface area contributed by atoms with Crippen LogP contribution in [0.3, 0.4) is 0 Å². The number of hydrogen-bond acceptors (Lipinski definition) is 6. The predicted octanol–water partition coefficient (Wildman–Crippen LogP) is 1.65. The maximum atomic E-state index is 12.5. The molecule has 2 aliphatic heterocycles. The van der Waals surface area contributed by atoms with Gasteiger partial charge in [-0.05, 0) is 51.5 Å². The zero-order valence-electron chi connectivity index (χ0n) is 16.1. The molecule has 0 bridgehead atoms. The quantitative estimate of drug-likeness (QED) is 0.492. The minimum absolute atomic E-state index is 0.178. The lowest BCUT2D eigenvalue weighted by atomic mass is 10.0. The monoisotopic (exact) mass is 426 g/mol. The van der Waals surface area contributed by atoms with Crippen LogP contribution >= 0.6 is 0 Å². The maximum Gasteiger partial charge on any atom is 0.412 e. The maximum absolute atomic E-state index is 12.5. The highest BCUT2D eigenvalue weighted by Crippen LogP contribution is 2.35. The molecule has 11 nitrogen and oxygen atoms in total. The summed E-state index contributed by atoms with van der Waals surface area (Å²) < 4.78 is 37.1. The minimum atomic E-state index is -4.62. The summed E-state index contributed by atoms with van der Waals surface area (Å²) in [5.41, 5.74) is 0.262. The van der Waals surface area contributed by atoms with E-state index in [1.54, 1.807) is 45.0 Å². The topological polar surface area (TPSA) is 145 Å². The Balaban J connectivity index is 1.58. The molecule has 0 spiro atoms. The lowest BCUT2D eigenvalue weighted by Crippen LogP contribution is -2.68. The second-order valence-electron chi connectivity index (χ2n) is 7.74. The second kappa shape index (κ2) is 7.19. The number of carbonyl (C=O) groups is 3. The largest absolute Gasteiger partial charge is 0.444 e. The summed E-state index contributed by atoms with van der Waals surface area (Å²) in [5, 5.41) is 5.19. The lowest BCUT2D eigenvalue weighted by Gasteiger charge is -2.42. The number of fused-ring (bicyclic) bond motifs is 1. The van der Waals surface area contributed by atoms with Gasteiger partial charge in [0.25, 0.3) is 5.91 Å². The lowest BCUT2D eigenvalue weighted by molar-refractivity contribution is -0.143. The number of carbonyl (C=O) groups excluding carboxylic acids is 3. The molecule has 1 aromatic carbocycles. The number of nitrogens with one attached hydrogen (secondary N) is 2. The summed E-state index contributed by atoms with van der Waals surface area (Å²) in [7, 11) is -4.62. The van der Waals surface area contributed by atoms with E-state index < -0.39 is 46.0 Å². The Morgan fingerprint density at radius 1 is 1.14 bits per heavy atom. The van der Waals surface area contributed by atoms with Gasteiger partial charge in [-0.15, -0.1) is 0 Å². The Labute approximate surface area is 167 Å². The van der Waals surface area contributed by atoms with Gasteiger partial charge in [-0.1, -0.05) is 0 Å². The zero-order valence-corrected chi connectivity index (χ0v) is 16.9. The van der Waals surface area contributed by atoms with Gasteiger partial charge in [0, 0.05) is 17.9 Å². The predicted molar refractivity (Wildman–Crippen MR) is 103 cm³/mol. The molecule has 2 fully saturated rings. The molecule has 2 saturated heterocycles. The Morgan fingerprint density at radius 3 is 2.21 bits per heavy atom. The molecule has 1 aromatic rings. The first-order valence-electron chi connectivity index (χ1n) is 8.85. The number of rotatable bonds is 3. The number of likely N-dealkylation sites (tertiary alicyclic amines) is 1. The van der Waals surface area contributed by atoms with E-state index in [0.29, 0.717) is 15.7 Å². The molecule has 3 rings (SSSR count). The number of β-lactam (4-membered cyclic amide) rings is 1. The smallest absolute Gasteiger partial charge is 0.412 e. The SMILES string of the molecule is CC(C)(C)OC(=O)Nc1ccc(NC(=O)N2CC[C@@H]3[C@H]2C(=O)N3S(=O)(=O)O)cc1. The highest BCUT2D eigenvalue weighted by molar-refractivity contribution is 7.84. The molecule has 2 heterocycles. The van der Waals surface area contributed by atoms with E-state index in [4.69, 9.17) is 9.29 Å². The Morgan fingerprint density at radius 2 is 1.69 bits per heavy atom. The van der Waals surface area contributed by atoms with Crippen molar-refractivity contribution in [1.82, 2.24) is 9.21 Å². The number of ether oxygens (including phenoxy) is 1. The van der Waals surface area contributed by atoms with Crippen molar-refractivity contribution in [2.24, 2.45) is 0 Å². The summed E-state index contributed by atoms with van der Waals surface area (Å²) in [5.74, 6) is -0.831. The van der Waals surface area contributed by atoms with E-state index in [1.165, 1.54) is 4.90 Å². The summed E-state index contributed by atoms with van der Waals surface area (Å²) in [4.78, 5) is 37.5. The van der Waals surface area contributed by atoms with Gasteiger partial charge in [0.2, 0.25) is 0 Å². The molecular weight excluding hydrogens is 404 g/mol. The highest BCUT2D eigenvalue weighted by atomic mass is 32.2. The van der Waals surface area contributed by atoms with Crippen molar-refractivity contribution in [3.05, 3.63) is 24.3 Å². The van der Waals surface area contributed by atoms with Crippen LogP contribution in [0.2, 0.25) is 0 Å². The highest BCUT2D eigenvalue weighted by Gasteiger charge is 2.60. The average molecular weight is 426 g/mol. The van der Waals surface area contributed by atoms with Crippen LogP contribution in [-0.2, 0) is 19.8 Å². The number of nitrogens with zero attached hydrogens (tertiary/aromatic N) is 2. The van der Waals surface area contributed by atoms with Crippen molar-refractivity contribution in [3.8, 4) is 0 Å². The van der Waals surface area contributed by atoms with E-state index >= 15 is 0 Å². The molecule has 4 amide bonds. The van der Waals surface area contributed by atoms with Crippen LogP contribution in [0.15, 0.2) is 24.3 Å². The molecule has 0 aliphatic carbocycles. The van der Waals surface area contributed by atoms with Gasteiger partial charge in [-0.25, -0.2) is 13.9 Å². The van der Waals surface area contributed by atoms with Crippen molar-refractivity contribution in [2.45, 2.75) is 44.9 Å². The van der Waals surface area contributed by atoms with Crippen molar-refractivity contribution in [3.63, 3.8) is 0 Å². The van der Waals surface area contributed by atoms with Crippen molar-refractivity contribution in [1.29, 1.82) is 0 Å². The molecule has 2 atom stereocenters. The first kappa shape index (κ1) is 20.9. The van der Waals surface area contributed by atoms with Gasteiger partial charge < -0.3 is 15.0 Å². The number of amides is 4. The second-order valence-corrected chi connectivity index (χ2v) is 9.03. The average Bonchev–Trinajstić information content (AvgIpc) is 2.92. The van der Waals surface area contributed by atoms with Gasteiger partial charge in [0.1, 0.15) is 11.6 Å². The normalized spacial score (nSPS) is 21.3. The van der Waals surface area contributed by atoms with Gasteiger partial charge in [-0.3, -0.25) is 14.7 Å². The van der Waals surface area contributed by atoms with Gasteiger partial charge in [-0.2, -0.15) is 8.42 Å². The number of urea groups is 1. The van der Waals surface area contributed by atoms with E-state index in [2.05, 4.69) is 10.6 Å². The van der Waals surface area contributed by atoms with Gasteiger partial charge in [0.05, 0.1) is 6.04 Å². The van der Waals surface area contributed by atoms with Crippen LogP contribution in [0.4, 0.5) is 21.0 Å². The van der Waals surface area contributed by atoms with Crippen molar-refractivity contribution >= 4 is 39.7 Å². The third-order valence-corrected chi connectivity index (χ3v) is 5.38. The molecule has 0 aromatic heterocycles. The van der Waals surface area contributed by atoms with Gasteiger partial charge >= 0.3 is 22.4 Å². The molecule has 0 saturated carbocycles. The molecule has 29 heavy (non-hydrogen) atoms.